The number of aromatic nitrogens is 1. The Morgan fingerprint density at radius 2 is 1.90 bits per heavy atom. The first-order valence-corrected chi connectivity index (χ1v) is 7.63. The monoisotopic (exact) mass is 282 g/mol. The molecular weight excluding hydrogens is 258 g/mol. The summed E-state index contributed by atoms with van der Waals surface area (Å²) in [5.41, 5.74) is 11.3. The van der Waals surface area contributed by atoms with Crippen LogP contribution < -0.4 is 15.2 Å². The second kappa shape index (κ2) is 5.06. The third-order valence-corrected chi connectivity index (χ3v) is 4.71. The van der Waals surface area contributed by atoms with Gasteiger partial charge in [0.15, 0.2) is 0 Å². The number of hydrogen-bond acceptors (Lipinski definition) is 2. The predicted octanol–water partition coefficient (Wildman–Crippen LogP) is 3.44. The second-order valence-corrected chi connectivity index (χ2v) is 6.25. The smallest absolute Gasteiger partial charge is 0.274 e. The maximum absolute atomic E-state index is 6.16. The van der Waals surface area contributed by atoms with E-state index in [0.717, 1.165) is 12.2 Å². The van der Waals surface area contributed by atoms with Gasteiger partial charge < -0.3 is 4.90 Å². The SMILES string of the molecule is Cc1cc(N2c3ccccc3C(C)CC2C)cc(N)[n+]1C. The molecular formula is C18H24N3+. The molecule has 0 fully saturated rings. The van der Waals surface area contributed by atoms with Crippen LogP contribution in [0.1, 0.15) is 37.4 Å². The molecule has 2 unspecified atom stereocenters. The van der Waals surface area contributed by atoms with E-state index in [2.05, 4.69) is 62.1 Å². The van der Waals surface area contributed by atoms with Crippen molar-refractivity contribution in [3.63, 3.8) is 0 Å². The van der Waals surface area contributed by atoms with Gasteiger partial charge in [-0.3, -0.25) is 5.73 Å². The van der Waals surface area contributed by atoms with Crippen LogP contribution in [0.25, 0.3) is 0 Å². The summed E-state index contributed by atoms with van der Waals surface area (Å²) in [6.07, 6.45) is 1.16. The highest BCUT2D eigenvalue weighted by atomic mass is 15.2. The Morgan fingerprint density at radius 1 is 1.19 bits per heavy atom. The quantitative estimate of drug-likeness (QED) is 0.813. The molecule has 0 spiro atoms. The molecule has 2 N–H and O–H groups in total. The number of aryl methyl sites for hydroxylation is 1. The fourth-order valence-electron chi connectivity index (χ4n) is 3.44. The number of pyridine rings is 1. The van der Waals surface area contributed by atoms with Gasteiger partial charge >= 0.3 is 0 Å². The number of anilines is 3. The zero-order valence-corrected chi connectivity index (χ0v) is 13.3. The van der Waals surface area contributed by atoms with Gasteiger partial charge in [0, 0.05) is 17.8 Å². The van der Waals surface area contributed by atoms with Gasteiger partial charge in [-0.15, -0.1) is 0 Å². The van der Waals surface area contributed by atoms with Crippen molar-refractivity contribution < 1.29 is 4.57 Å². The summed E-state index contributed by atoms with van der Waals surface area (Å²) >= 11 is 0. The lowest BCUT2D eigenvalue weighted by molar-refractivity contribution is -0.663. The fourth-order valence-corrected chi connectivity index (χ4v) is 3.44. The molecule has 1 aliphatic heterocycles. The maximum atomic E-state index is 6.16. The largest absolute Gasteiger partial charge is 0.338 e. The van der Waals surface area contributed by atoms with E-state index >= 15 is 0 Å². The second-order valence-electron chi connectivity index (χ2n) is 6.25. The molecule has 0 radical (unpaired) electrons. The molecule has 0 amide bonds. The van der Waals surface area contributed by atoms with Crippen LogP contribution in [0.3, 0.4) is 0 Å². The van der Waals surface area contributed by atoms with E-state index in [4.69, 9.17) is 5.73 Å². The number of nitrogen functional groups attached to an aromatic ring is 1. The molecule has 110 valence electrons. The first-order chi connectivity index (χ1) is 9.99. The lowest BCUT2D eigenvalue weighted by Crippen LogP contribution is -2.38. The number of nitrogens with zero attached hydrogens (tertiary/aromatic N) is 2. The van der Waals surface area contributed by atoms with Crippen LogP contribution in [0.5, 0.6) is 0 Å². The van der Waals surface area contributed by atoms with Crippen LogP contribution in [0.2, 0.25) is 0 Å². The number of fused-ring (bicyclic) bond motifs is 1. The number of nitrogens with two attached hydrogens (primary N) is 1. The topological polar surface area (TPSA) is 33.1 Å². The van der Waals surface area contributed by atoms with E-state index in [-0.39, 0.29) is 0 Å². The van der Waals surface area contributed by atoms with Crippen LogP contribution in [-0.4, -0.2) is 6.04 Å². The molecule has 1 aromatic carbocycles. The van der Waals surface area contributed by atoms with Crippen LogP contribution in [-0.2, 0) is 7.05 Å². The zero-order valence-electron chi connectivity index (χ0n) is 13.3. The molecule has 1 aromatic heterocycles. The summed E-state index contributed by atoms with van der Waals surface area (Å²) in [6, 6.07) is 13.5. The highest BCUT2D eigenvalue weighted by Crippen LogP contribution is 2.42. The lowest BCUT2D eigenvalue weighted by atomic mass is 9.87. The van der Waals surface area contributed by atoms with Crippen molar-refractivity contribution in [1.82, 2.24) is 0 Å². The molecule has 0 aliphatic carbocycles. The number of hydrogen-bond donors (Lipinski definition) is 1. The number of rotatable bonds is 1. The van der Waals surface area contributed by atoms with Gasteiger partial charge in [-0.2, -0.15) is 0 Å². The molecule has 2 heterocycles. The molecule has 3 heteroatoms. The van der Waals surface area contributed by atoms with E-state index in [1.807, 2.05) is 11.6 Å². The molecule has 2 atom stereocenters. The van der Waals surface area contributed by atoms with Crippen LogP contribution in [0, 0.1) is 6.92 Å². The van der Waals surface area contributed by atoms with E-state index in [9.17, 15) is 0 Å². The summed E-state index contributed by atoms with van der Waals surface area (Å²) in [4.78, 5) is 2.43. The predicted molar refractivity (Wildman–Crippen MR) is 87.8 cm³/mol. The Balaban J connectivity index is 2.16. The standard InChI is InChI=1S/C18H23N3/c1-12-9-14(3)21(17-8-6-5-7-16(12)17)15-10-13(2)20(4)18(19)11-15/h5-8,10-12,14,19H,9H2,1-4H3/p+1. The van der Waals surface area contributed by atoms with Crippen molar-refractivity contribution in [2.24, 2.45) is 7.05 Å². The normalized spacial score (nSPS) is 21.2. The first-order valence-electron chi connectivity index (χ1n) is 7.63. The number of benzene rings is 1. The van der Waals surface area contributed by atoms with Gasteiger partial charge in [0.1, 0.15) is 5.69 Å². The minimum atomic E-state index is 0.474. The molecule has 3 nitrogen and oxygen atoms in total. The Labute approximate surface area is 127 Å². The number of para-hydroxylation sites is 1. The van der Waals surface area contributed by atoms with Gasteiger partial charge in [0.2, 0.25) is 0 Å². The Morgan fingerprint density at radius 3 is 2.62 bits per heavy atom. The van der Waals surface area contributed by atoms with E-state index in [1.54, 1.807) is 0 Å². The highest BCUT2D eigenvalue weighted by molar-refractivity contribution is 5.70. The van der Waals surface area contributed by atoms with Crippen molar-refractivity contribution >= 4 is 17.2 Å². The highest BCUT2D eigenvalue weighted by Gasteiger charge is 2.29. The Kier molecular flexibility index (Phi) is 3.36. The maximum Gasteiger partial charge on any atom is 0.274 e. The zero-order chi connectivity index (χ0) is 15.1. The molecule has 1 aliphatic rings. The molecule has 0 bridgehead atoms. The molecule has 2 aromatic rings. The molecule has 0 saturated heterocycles. The average Bonchev–Trinajstić information content (AvgIpc) is 2.44. The van der Waals surface area contributed by atoms with Crippen LogP contribution in [0.4, 0.5) is 17.2 Å². The first kappa shape index (κ1) is 13.9. The van der Waals surface area contributed by atoms with Crippen molar-refractivity contribution in [3.8, 4) is 0 Å². The summed E-state index contributed by atoms with van der Waals surface area (Å²) in [5.74, 6) is 1.40. The minimum absolute atomic E-state index is 0.474. The van der Waals surface area contributed by atoms with Gasteiger partial charge in [0.05, 0.1) is 18.8 Å². The summed E-state index contributed by atoms with van der Waals surface area (Å²) < 4.78 is 2.02. The van der Waals surface area contributed by atoms with Crippen molar-refractivity contribution in [2.45, 2.75) is 39.2 Å². The van der Waals surface area contributed by atoms with E-state index < -0.39 is 0 Å². The third kappa shape index (κ3) is 2.27. The minimum Gasteiger partial charge on any atom is -0.338 e. The lowest BCUT2D eigenvalue weighted by Gasteiger charge is -2.40. The van der Waals surface area contributed by atoms with E-state index in [0.29, 0.717) is 12.0 Å². The molecule has 3 rings (SSSR count). The van der Waals surface area contributed by atoms with Gasteiger partial charge in [-0.05, 0) is 37.8 Å². The van der Waals surface area contributed by atoms with E-state index in [1.165, 1.54) is 22.6 Å². The van der Waals surface area contributed by atoms with Crippen molar-refractivity contribution in [2.75, 3.05) is 10.6 Å². The summed E-state index contributed by atoms with van der Waals surface area (Å²) in [7, 11) is 2.00. The van der Waals surface area contributed by atoms with Crippen LogP contribution in [0.15, 0.2) is 36.4 Å². The average molecular weight is 282 g/mol. The third-order valence-electron chi connectivity index (χ3n) is 4.71. The van der Waals surface area contributed by atoms with Crippen molar-refractivity contribution in [3.05, 3.63) is 47.7 Å². The molecule has 21 heavy (non-hydrogen) atoms. The van der Waals surface area contributed by atoms with Gasteiger partial charge in [-0.1, -0.05) is 25.1 Å². The molecule has 0 saturated carbocycles. The van der Waals surface area contributed by atoms with Crippen molar-refractivity contribution in [1.29, 1.82) is 0 Å². The Bertz CT molecular complexity index is 655. The van der Waals surface area contributed by atoms with Gasteiger partial charge in [-0.25, -0.2) is 4.57 Å². The van der Waals surface area contributed by atoms with Crippen LogP contribution >= 0.6 is 0 Å². The summed E-state index contributed by atoms with van der Waals surface area (Å²) in [5, 5.41) is 0. The van der Waals surface area contributed by atoms with Gasteiger partial charge in [0.25, 0.3) is 5.82 Å². The Hall–Kier alpha value is -2.03. The fraction of sp³-hybridized carbons (Fsp3) is 0.389. The summed E-state index contributed by atoms with van der Waals surface area (Å²) in [6.45, 7) is 6.71.